The number of nitriles is 1. The second-order valence-electron chi connectivity index (χ2n) is 4.53. The Labute approximate surface area is 113 Å². The average molecular weight is 286 g/mol. The van der Waals surface area contributed by atoms with E-state index < -0.39 is 17.7 Å². The minimum Gasteiger partial charge on any atom is -0.480 e. The molecule has 0 aliphatic rings. The van der Waals surface area contributed by atoms with Gasteiger partial charge < -0.3 is 5.11 Å². The van der Waals surface area contributed by atoms with E-state index >= 15 is 0 Å². The molecule has 0 saturated carbocycles. The molecule has 0 fully saturated rings. The van der Waals surface area contributed by atoms with Gasteiger partial charge in [0.05, 0.1) is 11.6 Å². The molecule has 0 aliphatic carbocycles. The van der Waals surface area contributed by atoms with E-state index in [0.717, 1.165) is 0 Å². The molecule has 2 N–H and O–H groups in total. The molecule has 1 aromatic rings. The summed E-state index contributed by atoms with van der Waals surface area (Å²) in [6, 6.07) is 6.41. The van der Waals surface area contributed by atoms with Gasteiger partial charge >= 0.3 is 12.1 Å². The van der Waals surface area contributed by atoms with Crippen molar-refractivity contribution in [2.75, 3.05) is 0 Å². The van der Waals surface area contributed by atoms with Gasteiger partial charge in [-0.1, -0.05) is 6.07 Å². The highest BCUT2D eigenvalue weighted by Crippen LogP contribution is 2.30. The number of alkyl halides is 3. The third-order valence-electron chi connectivity index (χ3n) is 3.10. The first kappa shape index (κ1) is 16.0. The Morgan fingerprint density at radius 3 is 2.45 bits per heavy atom. The molecule has 0 spiro atoms. The van der Waals surface area contributed by atoms with E-state index in [1.54, 1.807) is 6.92 Å². The summed E-state index contributed by atoms with van der Waals surface area (Å²) in [6.45, 7) is 1.96. The van der Waals surface area contributed by atoms with E-state index in [9.17, 15) is 18.0 Å². The number of aryl methyl sites for hydroxylation is 1. The maximum Gasteiger partial charge on any atom is 0.417 e. The van der Waals surface area contributed by atoms with Gasteiger partial charge in [-0.25, -0.2) is 4.79 Å². The lowest BCUT2D eigenvalue weighted by molar-refractivity contribution is -0.206. The van der Waals surface area contributed by atoms with Gasteiger partial charge in [0.1, 0.15) is 0 Å². The van der Waals surface area contributed by atoms with Crippen LogP contribution in [0.1, 0.15) is 23.6 Å². The highest BCUT2D eigenvalue weighted by molar-refractivity contribution is 5.79. The lowest BCUT2D eigenvalue weighted by Gasteiger charge is -2.29. The first-order chi connectivity index (χ1) is 9.11. The molecule has 7 heteroatoms. The predicted octanol–water partition coefficient (Wildman–Crippen LogP) is 2.36. The van der Waals surface area contributed by atoms with Crippen LogP contribution in [0.4, 0.5) is 13.2 Å². The third kappa shape index (κ3) is 3.08. The van der Waals surface area contributed by atoms with Gasteiger partial charge in [-0.05, 0) is 37.1 Å². The summed E-state index contributed by atoms with van der Waals surface area (Å²) in [6.07, 6.45) is -4.92. The molecule has 108 valence electrons. The molecular weight excluding hydrogens is 273 g/mol. The summed E-state index contributed by atoms with van der Waals surface area (Å²) in [4.78, 5) is 10.8. The molecule has 0 aromatic heterocycles. The second-order valence-corrected chi connectivity index (χ2v) is 4.53. The largest absolute Gasteiger partial charge is 0.480 e. The van der Waals surface area contributed by atoms with Crippen LogP contribution in [0.2, 0.25) is 0 Å². The minimum atomic E-state index is -4.92. The number of aliphatic carboxylic acids is 1. The highest BCUT2D eigenvalue weighted by atomic mass is 19.4. The molecule has 0 bridgehead atoms. The van der Waals surface area contributed by atoms with Crippen LogP contribution >= 0.6 is 0 Å². The minimum absolute atomic E-state index is 0.264. The number of rotatable bonds is 4. The second kappa shape index (κ2) is 5.51. The third-order valence-corrected chi connectivity index (χ3v) is 3.10. The zero-order valence-electron chi connectivity index (χ0n) is 10.9. The number of carboxylic acids is 1. The van der Waals surface area contributed by atoms with Crippen molar-refractivity contribution in [3.63, 3.8) is 0 Å². The van der Waals surface area contributed by atoms with Crippen molar-refractivity contribution >= 4 is 5.97 Å². The van der Waals surface area contributed by atoms with Crippen LogP contribution in [0.15, 0.2) is 18.2 Å². The van der Waals surface area contributed by atoms with E-state index in [2.05, 4.69) is 0 Å². The monoisotopic (exact) mass is 286 g/mol. The molecule has 0 saturated heterocycles. The van der Waals surface area contributed by atoms with Crippen LogP contribution in [0.25, 0.3) is 0 Å². The molecule has 1 aromatic carbocycles. The number of nitrogens with one attached hydrogen (secondary N) is 1. The van der Waals surface area contributed by atoms with E-state index in [1.165, 1.54) is 18.2 Å². The summed E-state index contributed by atoms with van der Waals surface area (Å²) < 4.78 is 38.4. The van der Waals surface area contributed by atoms with Crippen LogP contribution in [0.5, 0.6) is 0 Å². The fourth-order valence-corrected chi connectivity index (χ4v) is 1.53. The number of nitrogens with zero attached hydrogens (tertiary/aromatic N) is 1. The smallest absolute Gasteiger partial charge is 0.417 e. The predicted molar refractivity (Wildman–Crippen MR) is 64.8 cm³/mol. The maximum absolute atomic E-state index is 12.8. The summed E-state index contributed by atoms with van der Waals surface area (Å²) in [5.74, 6) is -1.99. The molecule has 0 radical (unpaired) electrons. The van der Waals surface area contributed by atoms with Crippen LogP contribution in [0.3, 0.4) is 0 Å². The Balaban J connectivity index is 2.95. The Kier molecular flexibility index (Phi) is 4.40. The quantitative estimate of drug-likeness (QED) is 0.891. The number of benzene rings is 1. The molecular formula is C13H13F3N2O2. The molecule has 1 rings (SSSR count). The Morgan fingerprint density at radius 2 is 2.05 bits per heavy atom. The fourth-order valence-electron chi connectivity index (χ4n) is 1.53. The lowest BCUT2D eigenvalue weighted by Crippen LogP contribution is -2.59. The van der Waals surface area contributed by atoms with Crippen molar-refractivity contribution in [1.29, 1.82) is 5.26 Å². The average Bonchev–Trinajstić information content (AvgIpc) is 2.35. The van der Waals surface area contributed by atoms with E-state index in [1.807, 2.05) is 11.4 Å². The Morgan fingerprint density at radius 1 is 1.45 bits per heavy atom. The molecule has 1 unspecified atom stereocenters. The van der Waals surface area contributed by atoms with Crippen molar-refractivity contribution in [2.45, 2.75) is 32.1 Å². The maximum atomic E-state index is 12.8. The van der Waals surface area contributed by atoms with Gasteiger partial charge in [-0.3, -0.25) is 5.32 Å². The lowest BCUT2D eigenvalue weighted by atomic mass is 10.00. The normalized spacial score (nSPS) is 14.4. The van der Waals surface area contributed by atoms with Gasteiger partial charge in [0, 0.05) is 6.54 Å². The van der Waals surface area contributed by atoms with Crippen molar-refractivity contribution in [3.05, 3.63) is 34.9 Å². The molecule has 4 nitrogen and oxygen atoms in total. The van der Waals surface area contributed by atoms with E-state index in [4.69, 9.17) is 10.4 Å². The highest BCUT2D eigenvalue weighted by Gasteiger charge is 2.57. The van der Waals surface area contributed by atoms with Crippen molar-refractivity contribution in [2.24, 2.45) is 0 Å². The fraction of sp³-hybridized carbons (Fsp3) is 0.385. The zero-order chi connectivity index (χ0) is 15.6. The Bertz CT molecular complexity index is 564. The molecule has 0 aliphatic heterocycles. The molecule has 1 atom stereocenters. The standard InChI is InChI=1S/C13H13F3N2O2/c1-8-5-9(6-17)3-4-10(8)7-18-12(2,11(19)20)13(14,15)16/h3-5,18H,7H2,1-2H3,(H,19,20). The first-order valence-electron chi connectivity index (χ1n) is 5.66. The molecule has 20 heavy (non-hydrogen) atoms. The van der Waals surface area contributed by atoms with Gasteiger partial charge in [-0.2, -0.15) is 18.4 Å². The van der Waals surface area contributed by atoms with Crippen LogP contribution < -0.4 is 5.32 Å². The molecule has 0 amide bonds. The van der Waals surface area contributed by atoms with Gasteiger partial charge in [0.15, 0.2) is 0 Å². The summed E-state index contributed by atoms with van der Waals surface area (Å²) in [7, 11) is 0. The van der Waals surface area contributed by atoms with Gasteiger partial charge in [-0.15, -0.1) is 0 Å². The van der Waals surface area contributed by atoms with Gasteiger partial charge in [0.2, 0.25) is 5.54 Å². The van der Waals surface area contributed by atoms with E-state index in [-0.39, 0.29) is 6.54 Å². The van der Waals surface area contributed by atoms with Crippen molar-refractivity contribution in [3.8, 4) is 6.07 Å². The Hall–Kier alpha value is -2.07. The molecule has 0 heterocycles. The zero-order valence-corrected chi connectivity index (χ0v) is 10.9. The number of carboxylic acid groups (broad SMARTS) is 1. The van der Waals surface area contributed by atoms with Crippen LogP contribution in [0, 0.1) is 18.3 Å². The topological polar surface area (TPSA) is 73.1 Å². The van der Waals surface area contributed by atoms with Crippen LogP contribution in [-0.4, -0.2) is 22.8 Å². The van der Waals surface area contributed by atoms with Gasteiger partial charge in [0.25, 0.3) is 0 Å². The number of hydrogen-bond donors (Lipinski definition) is 2. The van der Waals surface area contributed by atoms with Crippen molar-refractivity contribution in [1.82, 2.24) is 5.32 Å². The SMILES string of the molecule is Cc1cc(C#N)ccc1CNC(C)(C(=O)O)C(F)(F)F. The van der Waals surface area contributed by atoms with Crippen LogP contribution in [-0.2, 0) is 11.3 Å². The number of carbonyl (C=O) groups is 1. The summed E-state index contributed by atoms with van der Waals surface area (Å²) >= 11 is 0. The summed E-state index contributed by atoms with van der Waals surface area (Å²) in [5, 5.41) is 19.5. The number of halogens is 3. The van der Waals surface area contributed by atoms with E-state index in [0.29, 0.717) is 23.6 Å². The number of hydrogen-bond acceptors (Lipinski definition) is 3. The van der Waals surface area contributed by atoms with Crippen molar-refractivity contribution < 1.29 is 23.1 Å². The summed E-state index contributed by atoms with van der Waals surface area (Å²) in [5.41, 5.74) is -1.51. The first-order valence-corrected chi connectivity index (χ1v) is 5.66.